The van der Waals surface area contributed by atoms with Crippen molar-refractivity contribution in [2.24, 2.45) is 0 Å². The van der Waals surface area contributed by atoms with Crippen LogP contribution in [0, 0.1) is 0 Å². The summed E-state index contributed by atoms with van der Waals surface area (Å²) < 4.78 is 38.9. The van der Waals surface area contributed by atoms with E-state index in [4.69, 9.17) is 0 Å². The monoisotopic (exact) mass is 353 g/mol. The molecule has 0 unspecified atom stereocenters. The molecule has 132 valence electrons. The third-order valence-corrected chi connectivity index (χ3v) is 4.89. The van der Waals surface area contributed by atoms with Gasteiger partial charge in [-0.05, 0) is 47.2 Å². The molecule has 3 aromatic carbocycles. The molecular weight excluding hydrogens is 335 g/mol. The van der Waals surface area contributed by atoms with E-state index in [9.17, 15) is 13.2 Å². The Morgan fingerprint density at radius 2 is 1.50 bits per heavy atom. The molecule has 1 nitrogen and oxygen atoms in total. The first kappa shape index (κ1) is 16.7. The normalized spacial score (nSPS) is 16.7. The molecule has 0 aliphatic carbocycles. The number of hydrogen-bond acceptors (Lipinski definition) is 1. The molecule has 1 aliphatic heterocycles. The first-order valence-corrected chi connectivity index (χ1v) is 8.63. The Bertz CT molecular complexity index is 899. The lowest BCUT2D eigenvalue weighted by Gasteiger charge is -2.28. The van der Waals surface area contributed by atoms with E-state index in [0.717, 1.165) is 41.2 Å². The second-order valence-electron chi connectivity index (χ2n) is 6.59. The van der Waals surface area contributed by atoms with Crippen LogP contribution in [0.3, 0.4) is 0 Å². The minimum atomic E-state index is -4.32. The SMILES string of the molecule is FC(F)(F)c1ccc2c(c1)N[C@H](c1ccc(-c3ccccc3)cc1)CC2. The van der Waals surface area contributed by atoms with Gasteiger partial charge in [0.1, 0.15) is 0 Å². The van der Waals surface area contributed by atoms with E-state index >= 15 is 0 Å². The van der Waals surface area contributed by atoms with Gasteiger partial charge >= 0.3 is 6.18 Å². The summed E-state index contributed by atoms with van der Waals surface area (Å²) in [5.41, 5.74) is 4.29. The van der Waals surface area contributed by atoms with Crippen molar-refractivity contribution >= 4 is 5.69 Å². The molecule has 0 amide bonds. The number of aryl methyl sites for hydroxylation is 1. The summed E-state index contributed by atoms with van der Waals surface area (Å²) >= 11 is 0. The summed E-state index contributed by atoms with van der Waals surface area (Å²) in [5.74, 6) is 0. The molecule has 1 atom stereocenters. The zero-order valence-electron chi connectivity index (χ0n) is 14.1. The van der Waals surface area contributed by atoms with Crippen LogP contribution in [-0.4, -0.2) is 0 Å². The number of anilines is 1. The van der Waals surface area contributed by atoms with Crippen molar-refractivity contribution in [3.63, 3.8) is 0 Å². The minimum absolute atomic E-state index is 0.0239. The summed E-state index contributed by atoms with van der Waals surface area (Å²) in [5, 5.41) is 3.28. The third kappa shape index (κ3) is 3.32. The summed E-state index contributed by atoms with van der Waals surface area (Å²) in [6.07, 6.45) is -2.68. The van der Waals surface area contributed by atoms with E-state index in [-0.39, 0.29) is 6.04 Å². The average molecular weight is 353 g/mol. The summed E-state index contributed by atoms with van der Waals surface area (Å²) in [6, 6.07) is 22.3. The Morgan fingerprint density at radius 3 is 2.19 bits per heavy atom. The molecule has 0 saturated heterocycles. The van der Waals surface area contributed by atoms with Crippen molar-refractivity contribution < 1.29 is 13.2 Å². The number of benzene rings is 3. The molecule has 3 aromatic rings. The predicted octanol–water partition coefficient (Wildman–Crippen LogP) is 6.47. The zero-order valence-corrected chi connectivity index (χ0v) is 14.1. The average Bonchev–Trinajstić information content (AvgIpc) is 2.67. The maximum absolute atomic E-state index is 13.0. The molecule has 1 heterocycles. The van der Waals surface area contributed by atoms with E-state index in [0.29, 0.717) is 5.69 Å². The fourth-order valence-electron chi connectivity index (χ4n) is 3.45. The van der Waals surface area contributed by atoms with Gasteiger partial charge in [-0.25, -0.2) is 0 Å². The van der Waals surface area contributed by atoms with Gasteiger partial charge in [0.2, 0.25) is 0 Å². The van der Waals surface area contributed by atoms with Crippen LogP contribution >= 0.6 is 0 Å². The highest BCUT2D eigenvalue weighted by Gasteiger charge is 2.32. The van der Waals surface area contributed by atoms with Gasteiger partial charge < -0.3 is 5.32 Å². The number of hydrogen-bond donors (Lipinski definition) is 1. The Kier molecular flexibility index (Phi) is 4.19. The van der Waals surface area contributed by atoms with Crippen molar-refractivity contribution in [1.29, 1.82) is 0 Å². The number of nitrogens with one attached hydrogen (secondary N) is 1. The van der Waals surface area contributed by atoms with E-state index in [1.807, 2.05) is 18.2 Å². The molecule has 4 rings (SSSR count). The van der Waals surface area contributed by atoms with Crippen LogP contribution in [0.1, 0.15) is 29.2 Å². The van der Waals surface area contributed by atoms with E-state index < -0.39 is 11.7 Å². The highest BCUT2D eigenvalue weighted by atomic mass is 19.4. The predicted molar refractivity (Wildman–Crippen MR) is 98.0 cm³/mol. The number of halogens is 3. The van der Waals surface area contributed by atoms with Crippen molar-refractivity contribution in [1.82, 2.24) is 0 Å². The number of alkyl halides is 3. The van der Waals surface area contributed by atoms with Crippen LogP contribution in [0.15, 0.2) is 72.8 Å². The lowest BCUT2D eigenvalue weighted by atomic mass is 9.91. The maximum atomic E-state index is 13.0. The van der Waals surface area contributed by atoms with Crippen LogP contribution in [0.5, 0.6) is 0 Å². The Hall–Kier alpha value is -2.75. The third-order valence-electron chi connectivity index (χ3n) is 4.89. The number of fused-ring (bicyclic) bond motifs is 1. The summed E-state index contributed by atoms with van der Waals surface area (Å²) in [4.78, 5) is 0. The molecule has 0 bridgehead atoms. The topological polar surface area (TPSA) is 12.0 Å². The lowest BCUT2D eigenvalue weighted by molar-refractivity contribution is -0.137. The molecule has 1 aliphatic rings. The van der Waals surface area contributed by atoms with Crippen LogP contribution in [0.25, 0.3) is 11.1 Å². The van der Waals surface area contributed by atoms with Crippen molar-refractivity contribution in [3.8, 4) is 11.1 Å². The van der Waals surface area contributed by atoms with Gasteiger partial charge in [0.05, 0.1) is 11.6 Å². The molecule has 0 spiro atoms. The molecule has 1 N–H and O–H groups in total. The van der Waals surface area contributed by atoms with E-state index in [2.05, 4.69) is 41.7 Å². The highest BCUT2D eigenvalue weighted by Crippen LogP contribution is 2.37. The lowest BCUT2D eigenvalue weighted by Crippen LogP contribution is -2.19. The van der Waals surface area contributed by atoms with Crippen molar-refractivity contribution in [3.05, 3.63) is 89.5 Å². The Morgan fingerprint density at radius 1 is 0.808 bits per heavy atom. The van der Waals surface area contributed by atoms with Gasteiger partial charge in [0.25, 0.3) is 0 Å². The largest absolute Gasteiger partial charge is 0.416 e. The quantitative estimate of drug-likeness (QED) is 0.556. The van der Waals surface area contributed by atoms with Crippen LogP contribution < -0.4 is 5.32 Å². The number of rotatable bonds is 2. The fraction of sp³-hybridized carbons (Fsp3) is 0.182. The maximum Gasteiger partial charge on any atom is 0.416 e. The standard InChI is InChI=1S/C22H18F3N/c23-22(24,25)19-12-10-18-11-13-20(26-21(18)14-19)17-8-6-16(7-9-17)15-4-2-1-3-5-15/h1-10,12,14,20,26H,11,13H2/t20-/m0/s1. The van der Waals surface area contributed by atoms with E-state index in [1.54, 1.807) is 6.07 Å². The van der Waals surface area contributed by atoms with Crippen LogP contribution in [0.4, 0.5) is 18.9 Å². The second kappa shape index (κ2) is 6.52. The van der Waals surface area contributed by atoms with Crippen LogP contribution in [-0.2, 0) is 12.6 Å². The molecule has 0 saturated carbocycles. The zero-order chi connectivity index (χ0) is 18.1. The highest BCUT2D eigenvalue weighted by molar-refractivity contribution is 5.64. The van der Waals surface area contributed by atoms with Gasteiger partial charge in [0, 0.05) is 5.69 Å². The molecular formula is C22H18F3N. The van der Waals surface area contributed by atoms with Crippen molar-refractivity contribution in [2.45, 2.75) is 25.1 Å². The Labute approximate surface area is 150 Å². The molecule has 0 aromatic heterocycles. The van der Waals surface area contributed by atoms with E-state index in [1.165, 1.54) is 6.07 Å². The second-order valence-corrected chi connectivity index (χ2v) is 6.59. The van der Waals surface area contributed by atoms with Crippen molar-refractivity contribution in [2.75, 3.05) is 5.32 Å². The first-order valence-electron chi connectivity index (χ1n) is 8.63. The van der Waals surface area contributed by atoms with Gasteiger partial charge in [-0.3, -0.25) is 0 Å². The molecule has 4 heteroatoms. The first-order chi connectivity index (χ1) is 12.5. The summed E-state index contributed by atoms with van der Waals surface area (Å²) in [6.45, 7) is 0. The van der Waals surface area contributed by atoms with Gasteiger partial charge in [-0.2, -0.15) is 13.2 Å². The smallest absolute Gasteiger partial charge is 0.378 e. The van der Waals surface area contributed by atoms with Gasteiger partial charge in [-0.15, -0.1) is 0 Å². The minimum Gasteiger partial charge on any atom is -0.378 e. The Balaban J connectivity index is 1.57. The van der Waals surface area contributed by atoms with Crippen LogP contribution in [0.2, 0.25) is 0 Å². The summed E-state index contributed by atoms with van der Waals surface area (Å²) in [7, 11) is 0. The molecule has 0 radical (unpaired) electrons. The molecule has 26 heavy (non-hydrogen) atoms. The fourth-order valence-corrected chi connectivity index (χ4v) is 3.45. The van der Waals surface area contributed by atoms with Gasteiger partial charge in [-0.1, -0.05) is 60.7 Å². The molecule has 0 fully saturated rings. The van der Waals surface area contributed by atoms with Gasteiger partial charge in [0.15, 0.2) is 0 Å².